The summed E-state index contributed by atoms with van der Waals surface area (Å²) >= 11 is 0. The lowest BCUT2D eigenvalue weighted by atomic mass is 10.1. The number of methoxy groups -OCH3 is 2. The van der Waals surface area contributed by atoms with Crippen LogP contribution in [0.15, 0.2) is 48.5 Å². The number of hydrogen-bond acceptors (Lipinski definition) is 4. The zero-order valence-corrected chi connectivity index (χ0v) is 11.8. The van der Waals surface area contributed by atoms with E-state index in [9.17, 15) is 0 Å². The maximum absolute atomic E-state index is 5.39. The van der Waals surface area contributed by atoms with Crippen LogP contribution in [0.5, 0.6) is 11.5 Å². The summed E-state index contributed by atoms with van der Waals surface area (Å²) in [6.45, 7) is 0. The minimum atomic E-state index is 0.656. The molecule has 0 fully saturated rings. The van der Waals surface area contributed by atoms with Gasteiger partial charge in [0, 0.05) is 11.6 Å². The highest BCUT2D eigenvalue weighted by molar-refractivity contribution is 5.67. The van der Waals surface area contributed by atoms with Gasteiger partial charge in [-0.05, 0) is 12.1 Å². The third kappa shape index (κ3) is 2.58. The lowest BCUT2D eigenvalue weighted by Gasteiger charge is -2.07. The van der Waals surface area contributed by atoms with E-state index in [1.165, 1.54) is 0 Å². The van der Waals surface area contributed by atoms with Crippen LogP contribution in [0, 0.1) is 0 Å². The van der Waals surface area contributed by atoms with E-state index in [-0.39, 0.29) is 0 Å². The molecule has 0 aliphatic rings. The van der Waals surface area contributed by atoms with Crippen molar-refractivity contribution in [3.05, 3.63) is 48.5 Å². The summed E-state index contributed by atoms with van der Waals surface area (Å²) < 4.78 is 10.6. The van der Waals surface area contributed by atoms with E-state index in [1.807, 2.05) is 48.5 Å². The number of hydrogen-bond donors (Lipinski definition) is 1. The summed E-state index contributed by atoms with van der Waals surface area (Å²) in [6.07, 6.45) is 0. The Hall–Kier alpha value is -2.82. The second-order valence-corrected chi connectivity index (χ2v) is 4.44. The molecule has 5 nitrogen and oxygen atoms in total. The summed E-state index contributed by atoms with van der Waals surface area (Å²) in [5, 5.41) is 7.21. The molecule has 0 amide bonds. The number of ether oxygens (including phenoxy) is 2. The quantitative estimate of drug-likeness (QED) is 0.798. The highest BCUT2D eigenvalue weighted by atomic mass is 16.5. The summed E-state index contributed by atoms with van der Waals surface area (Å²) in [5.74, 6) is 2.74. The van der Waals surface area contributed by atoms with Gasteiger partial charge in [0.25, 0.3) is 0 Å². The lowest BCUT2D eigenvalue weighted by molar-refractivity contribution is 0.395. The van der Waals surface area contributed by atoms with Crippen LogP contribution in [0.3, 0.4) is 0 Å². The number of benzene rings is 2. The molecule has 1 N–H and O–H groups in total. The molecule has 1 aromatic heterocycles. The third-order valence-corrected chi connectivity index (χ3v) is 3.18. The van der Waals surface area contributed by atoms with Gasteiger partial charge in [0.15, 0.2) is 11.6 Å². The van der Waals surface area contributed by atoms with Crippen LogP contribution < -0.4 is 9.47 Å². The summed E-state index contributed by atoms with van der Waals surface area (Å²) in [6, 6.07) is 15.4. The van der Waals surface area contributed by atoms with Crippen molar-refractivity contribution >= 4 is 0 Å². The van der Waals surface area contributed by atoms with E-state index in [4.69, 9.17) is 9.47 Å². The van der Waals surface area contributed by atoms with Gasteiger partial charge in [-0.25, -0.2) is 4.98 Å². The van der Waals surface area contributed by atoms with Gasteiger partial charge in [0.2, 0.25) is 0 Å². The number of nitrogens with one attached hydrogen (secondary N) is 1. The fourth-order valence-corrected chi connectivity index (χ4v) is 2.09. The molecule has 21 heavy (non-hydrogen) atoms. The molecule has 0 unspecified atom stereocenters. The number of aromatic amines is 1. The summed E-state index contributed by atoms with van der Waals surface area (Å²) in [5.41, 5.74) is 1.81. The van der Waals surface area contributed by atoms with E-state index < -0.39 is 0 Å². The van der Waals surface area contributed by atoms with Crippen LogP contribution in [0.25, 0.3) is 22.8 Å². The Labute approximate surface area is 122 Å². The zero-order valence-electron chi connectivity index (χ0n) is 11.8. The maximum Gasteiger partial charge on any atom is 0.181 e. The van der Waals surface area contributed by atoms with E-state index >= 15 is 0 Å². The average Bonchev–Trinajstić information content (AvgIpc) is 3.04. The molecule has 0 aliphatic heterocycles. The van der Waals surface area contributed by atoms with Crippen LogP contribution in [0.2, 0.25) is 0 Å². The van der Waals surface area contributed by atoms with Crippen molar-refractivity contribution in [2.75, 3.05) is 14.2 Å². The van der Waals surface area contributed by atoms with Gasteiger partial charge in [0.05, 0.1) is 19.8 Å². The topological polar surface area (TPSA) is 60.0 Å². The van der Waals surface area contributed by atoms with Gasteiger partial charge in [0.1, 0.15) is 11.5 Å². The Bertz CT molecular complexity index is 738. The molecule has 1 heterocycles. The zero-order chi connectivity index (χ0) is 14.7. The highest BCUT2D eigenvalue weighted by Gasteiger charge is 2.12. The molecule has 0 atom stereocenters. The number of nitrogens with zero attached hydrogens (tertiary/aromatic N) is 2. The van der Waals surface area contributed by atoms with Crippen LogP contribution >= 0.6 is 0 Å². The third-order valence-electron chi connectivity index (χ3n) is 3.18. The van der Waals surface area contributed by atoms with Crippen LogP contribution in [-0.4, -0.2) is 29.4 Å². The van der Waals surface area contributed by atoms with Gasteiger partial charge in [-0.2, -0.15) is 5.10 Å². The van der Waals surface area contributed by atoms with E-state index in [0.29, 0.717) is 17.4 Å². The standard InChI is InChI=1S/C16H15N3O2/c1-20-12-8-9-13(14(10-12)21-2)16-17-15(18-19-16)11-6-4-3-5-7-11/h3-10H,1-2H3,(H,17,18,19). The van der Waals surface area contributed by atoms with Crippen LogP contribution in [0.1, 0.15) is 0 Å². The van der Waals surface area contributed by atoms with Gasteiger partial charge in [-0.15, -0.1) is 0 Å². The molecular formula is C16H15N3O2. The number of rotatable bonds is 4. The minimum absolute atomic E-state index is 0.656. The van der Waals surface area contributed by atoms with Crippen molar-refractivity contribution in [2.24, 2.45) is 0 Å². The van der Waals surface area contributed by atoms with Crippen molar-refractivity contribution in [3.8, 4) is 34.3 Å². The van der Waals surface area contributed by atoms with Gasteiger partial charge >= 0.3 is 0 Å². The molecule has 3 rings (SSSR count). The molecule has 0 saturated heterocycles. The van der Waals surface area contributed by atoms with Crippen molar-refractivity contribution in [3.63, 3.8) is 0 Å². The number of aromatic nitrogens is 3. The molecule has 5 heteroatoms. The molecule has 0 spiro atoms. The molecule has 2 aromatic carbocycles. The normalized spacial score (nSPS) is 10.4. The predicted octanol–water partition coefficient (Wildman–Crippen LogP) is 3.16. The average molecular weight is 281 g/mol. The first-order valence-electron chi connectivity index (χ1n) is 6.52. The molecule has 0 saturated carbocycles. The first-order valence-corrected chi connectivity index (χ1v) is 6.52. The van der Waals surface area contributed by atoms with Crippen molar-refractivity contribution < 1.29 is 9.47 Å². The Balaban J connectivity index is 2.00. The molecule has 0 radical (unpaired) electrons. The van der Waals surface area contributed by atoms with Crippen molar-refractivity contribution in [2.45, 2.75) is 0 Å². The van der Waals surface area contributed by atoms with Gasteiger partial charge in [-0.1, -0.05) is 30.3 Å². The predicted molar refractivity (Wildman–Crippen MR) is 80.4 cm³/mol. The van der Waals surface area contributed by atoms with E-state index in [2.05, 4.69) is 15.2 Å². The maximum atomic E-state index is 5.39. The summed E-state index contributed by atoms with van der Waals surface area (Å²) in [7, 11) is 3.24. The van der Waals surface area contributed by atoms with Crippen LogP contribution in [0.4, 0.5) is 0 Å². The molecule has 0 bridgehead atoms. The van der Waals surface area contributed by atoms with Crippen molar-refractivity contribution in [1.29, 1.82) is 0 Å². The highest BCUT2D eigenvalue weighted by Crippen LogP contribution is 2.31. The largest absolute Gasteiger partial charge is 0.497 e. The molecule has 106 valence electrons. The second-order valence-electron chi connectivity index (χ2n) is 4.44. The Morgan fingerprint density at radius 3 is 2.48 bits per heavy atom. The van der Waals surface area contributed by atoms with Crippen LogP contribution in [-0.2, 0) is 0 Å². The minimum Gasteiger partial charge on any atom is -0.497 e. The lowest BCUT2D eigenvalue weighted by Crippen LogP contribution is -1.91. The molecular weight excluding hydrogens is 266 g/mol. The fourth-order valence-electron chi connectivity index (χ4n) is 2.09. The fraction of sp³-hybridized carbons (Fsp3) is 0.125. The second kappa shape index (κ2) is 5.66. The Morgan fingerprint density at radius 1 is 0.952 bits per heavy atom. The molecule has 3 aromatic rings. The monoisotopic (exact) mass is 281 g/mol. The number of H-pyrrole nitrogens is 1. The van der Waals surface area contributed by atoms with E-state index in [0.717, 1.165) is 16.9 Å². The molecule has 0 aliphatic carbocycles. The first-order chi connectivity index (χ1) is 10.3. The SMILES string of the molecule is COc1ccc(-c2nc(-c3ccccc3)n[nH]2)c(OC)c1. The Morgan fingerprint density at radius 2 is 1.76 bits per heavy atom. The Kier molecular flexibility index (Phi) is 3.55. The van der Waals surface area contributed by atoms with Gasteiger partial charge in [-0.3, -0.25) is 5.10 Å². The first kappa shape index (κ1) is 13.2. The van der Waals surface area contributed by atoms with Crippen molar-refractivity contribution in [1.82, 2.24) is 15.2 Å². The smallest absolute Gasteiger partial charge is 0.181 e. The van der Waals surface area contributed by atoms with Gasteiger partial charge < -0.3 is 9.47 Å². The van der Waals surface area contributed by atoms with E-state index in [1.54, 1.807) is 14.2 Å². The summed E-state index contributed by atoms with van der Waals surface area (Å²) in [4.78, 5) is 4.53.